The number of ether oxygens (including phenoxy) is 4. The van der Waals surface area contributed by atoms with E-state index in [1.165, 1.54) is 41.0 Å². The van der Waals surface area contributed by atoms with Crippen LogP contribution in [-0.4, -0.2) is 85.4 Å². The molecule has 2 aliphatic heterocycles. The van der Waals surface area contributed by atoms with Gasteiger partial charge in [-0.1, -0.05) is 0 Å². The van der Waals surface area contributed by atoms with Crippen molar-refractivity contribution in [3.8, 4) is 34.4 Å². The molecule has 5 aromatic rings. The molecule has 1 saturated heterocycles. The molecule has 1 fully saturated rings. The molecule has 51 heavy (non-hydrogen) atoms. The van der Waals surface area contributed by atoms with Gasteiger partial charge in [0.1, 0.15) is 22.9 Å². The van der Waals surface area contributed by atoms with Gasteiger partial charge in [-0.05, 0) is 62.0 Å². The topological polar surface area (TPSA) is 107 Å². The van der Waals surface area contributed by atoms with Gasteiger partial charge in [-0.3, -0.25) is 19.1 Å². The van der Waals surface area contributed by atoms with Crippen LogP contribution < -0.4 is 29.8 Å². The van der Waals surface area contributed by atoms with Crippen LogP contribution in [0.4, 0.5) is 14.5 Å². The van der Waals surface area contributed by atoms with Crippen LogP contribution in [0.3, 0.4) is 0 Å². The average molecular weight is 698 g/mol. The van der Waals surface area contributed by atoms with E-state index in [2.05, 4.69) is 27.1 Å². The lowest BCUT2D eigenvalue weighted by molar-refractivity contribution is 0.102. The number of benzene rings is 3. The minimum absolute atomic E-state index is 0.0914. The van der Waals surface area contributed by atoms with Gasteiger partial charge in [0.15, 0.2) is 23.1 Å². The summed E-state index contributed by atoms with van der Waals surface area (Å²) in [6.07, 6.45) is 4.50. The molecule has 0 unspecified atom stereocenters. The van der Waals surface area contributed by atoms with E-state index in [0.29, 0.717) is 59.0 Å². The summed E-state index contributed by atoms with van der Waals surface area (Å²) < 4.78 is 53.6. The predicted molar refractivity (Wildman–Crippen MR) is 188 cm³/mol. The highest BCUT2D eigenvalue weighted by molar-refractivity contribution is 6.06. The first-order chi connectivity index (χ1) is 24.8. The molecule has 4 heterocycles. The number of piperazine rings is 1. The van der Waals surface area contributed by atoms with E-state index in [-0.39, 0.29) is 22.7 Å². The zero-order chi connectivity index (χ0) is 35.5. The fourth-order valence-corrected chi connectivity index (χ4v) is 6.26. The molecule has 1 amide bonds. The van der Waals surface area contributed by atoms with Crippen molar-refractivity contribution in [2.45, 2.75) is 12.8 Å². The number of hydrogen-bond donors (Lipinski definition) is 1. The molecule has 0 aliphatic carbocycles. The second kappa shape index (κ2) is 14.8. The summed E-state index contributed by atoms with van der Waals surface area (Å²) in [6.45, 7) is 5.99. The third-order valence-electron chi connectivity index (χ3n) is 9.05. The molecule has 11 nitrogen and oxygen atoms in total. The maximum atomic E-state index is 15.5. The number of halogens is 2. The molecule has 0 bridgehead atoms. The number of methoxy groups -OCH3 is 1. The van der Waals surface area contributed by atoms with Gasteiger partial charge in [-0.15, -0.1) is 0 Å². The van der Waals surface area contributed by atoms with E-state index >= 15 is 4.39 Å². The van der Waals surface area contributed by atoms with Gasteiger partial charge in [0.2, 0.25) is 0 Å². The van der Waals surface area contributed by atoms with Crippen molar-refractivity contribution in [1.82, 2.24) is 19.4 Å². The molecule has 3 aromatic carbocycles. The second-order valence-corrected chi connectivity index (χ2v) is 12.5. The number of hydrogen-bond acceptors (Lipinski definition) is 9. The lowest BCUT2D eigenvalue weighted by Crippen LogP contribution is -2.44. The van der Waals surface area contributed by atoms with Crippen molar-refractivity contribution in [2.75, 3.05) is 65.4 Å². The Morgan fingerprint density at radius 1 is 0.961 bits per heavy atom. The van der Waals surface area contributed by atoms with Gasteiger partial charge in [-0.2, -0.15) is 0 Å². The van der Waals surface area contributed by atoms with Crippen LogP contribution in [0.1, 0.15) is 22.3 Å². The van der Waals surface area contributed by atoms with Crippen molar-refractivity contribution < 1.29 is 32.5 Å². The fraction of sp³-hybridized carbons (Fsp3) is 0.289. The Balaban J connectivity index is 1.06. The highest BCUT2D eigenvalue weighted by Crippen LogP contribution is 2.38. The molecule has 0 spiro atoms. The summed E-state index contributed by atoms with van der Waals surface area (Å²) in [7, 11) is 3.69. The zero-order valence-corrected chi connectivity index (χ0v) is 28.3. The smallest absolute Gasteiger partial charge is 0.271 e. The van der Waals surface area contributed by atoms with Crippen LogP contribution in [0, 0.1) is 11.6 Å². The molecule has 0 saturated carbocycles. The number of aromatic nitrogens is 2. The molecule has 2 aromatic heterocycles. The van der Waals surface area contributed by atoms with Crippen LogP contribution in [-0.2, 0) is 6.42 Å². The molecule has 13 heteroatoms. The summed E-state index contributed by atoms with van der Waals surface area (Å²) in [5, 5.41) is 3.20. The predicted octanol–water partition coefficient (Wildman–Crippen LogP) is 5.67. The van der Waals surface area contributed by atoms with E-state index in [1.807, 2.05) is 0 Å². The van der Waals surface area contributed by atoms with Crippen molar-refractivity contribution in [3.05, 3.63) is 106 Å². The van der Waals surface area contributed by atoms with E-state index in [4.69, 9.17) is 18.9 Å². The largest absolute Gasteiger partial charge is 0.493 e. The number of carbonyl (C=O) groups is 1. The van der Waals surface area contributed by atoms with E-state index in [9.17, 15) is 14.0 Å². The van der Waals surface area contributed by atoms with Gasteiger partial charge in [0.05, 0.1) is 25.8 Å². The maximum Gasteiger partial charge on any atom is 0.271 e. The summed E-state index contributed by atoms with van der Waals surface area (Å²) in [5.74, 6) is -0.500. The third kappa shape index (κ3) is 7.35. The van der Waals surface area contributed by atoms with Gasteiger partial charge < -0.3 is 34.1 Å². The Bertz CT molecular complexity index is 2130. The first-order valence-electron chi connectivity index (χ1n) is 16.7. The Morgan fingerprint density at radius 3 is 2.53 bits per heavy atom. The normalized spacial score (nSPS) is 14.6. The average Bonchev–Trinajstić information content (AvgIpc) is 3.60. The first kappa shape index (κ1) is 33.9. The van der Waals surface area contributed by atoms with Gasteiger partial charge in [0, 0.05) is 86.0 Å². The molecule has 2 aliphatic rings. The number of fused-ring (bicyclic) bond motifs is 2. The SMILES string of the molecule is COc1cc2c(Oc3ccc(NC(=O)c4c5c(cn(-c6ccc(F)cc6)c4=O)CCO5)cc3F)ccnc2cc1OCCCN1CCN(C)CC1. The van der Waals surface area contributed by atoms with Crippen molar-refractivity contribution in [2.24, 2.45) is 0 Å². The van der Waals surface area contributed by atoms with Crippen LogP contribution in [0.2, 0.25) is 0 Å². The highest BCUT2D eigenvalue weighted by Gasteiger charge is 2.27. The molecular weight excluding hydrogens is 660 g/mol. The number of amides is 1. The number of likely N-dealkylation sites (N-methyl/N-ethyl adjacent to an activating group) is 1. The highest BCUT2D eigenvalue weighted by atomic mass is 19.1. The molecule has 0 radical (unpaired) electrons. The second-order valence-electron chi connectivity index (χ2n) is 12.5. The number of rotatable bonds is 11. The van der Waals surface area contributed by atoms with Crippen molar-refractivity contribution >= 4 is 22.5 Å². The van der Waals surface area contributed by atoms with Gasteiger partial charge in [0.25, 0.3) is 11.5 Å². The standard InChI is InChI=1S/C38H37F2N5O6/c1-43-14-16-44(17-15-43)13-3-18-49-34-22-30-28(21-33(34)48-2)31(10-12-41-30)51-32-9-6-26(20-29(32)40)42-37(46)35-36-24(11-19-50-36)23-45(38(35)47)27-7-4-25(39)5-8-27/h4-10,12,20-23H,3,11,13-19H2,1-2H3,(H,42,46). The van der Waals surface area contributed by atoms with E-state index in [0.717, 1.165) is 45.2 Å². The number of pyridine rings is 2. The molecule has 264 valence electrons. The third-order valence-corrected chi connectivity index (χ3v) is 9.05. The van der Waals surface area contributed by atoms with Crippen LogP contribution in [0.25, 0.3) is 16.6 Å². The van der Waals surface area contributed by atoms with Crippen LogP contribution >= 0.6 is 0 Å². The minimum atomic E-state index is -0.771. The fourth-order valence-electron chi connectivity index (χ4n) is 6.26. The Labute approximate surface area is 292 Å². The Hall–Kier alpha value is -5.53. The van der Waals surface area contributed by atoms with Crippen LogP contribution in [0.15, 0.2) is 77.9 Å². The van der Waals surface area contributed by atoms with E-state index < -0.39 is 23.1 Å². The number of anilines is 1. The molecule has 0 atom stereocenters. The lowest BCUT2D eigenvalue weighted by atomic mass is 10.1. The van der Waals surface area contributed by atoms with Gasteiger partial charge >= 0.3 is 0 Å². The lowest BCUT2D eigenvalue weighted by Gasteiger charge is -2.32. The summed E-state index contributed by atoms with van der Waals surface area (Å²) in [6, 6.07) is 14.5. The molecule has 1 N–H and O–H groups in total. The maximum absolute atomic E-state index is 15.5. The number of nitrogens with zero attached hydrogens (tertiary/aromatic N) is 4. The Morgan fingerprint density at radius 2 is 1.76 bits per heavy atom. The number of nitrogens with one attached hydrogen (secondary N) is 1. The summed E-state index contributed by atoms with van der Waals surface area (Å²) in [5.41, 5.74) is 0.837. The first-order valence-corrected chi connectivity index (χ1v) is 16.7. The minimum Gasteiger partial charge on any atom is -0.493 e. The Kier molecular flexibility index (Phi) is 9.82. The van der Waals surface area contributed by atoms with E-state index in [1.54, 1.807) is 37.7 Å². The monoisotopic (exact) mass is 697 g/mol. The quantitative estimate of drug-likeness (QED) is 0.175. The molecular formula is C38H37F2N5O6. The van der Waals surface area contributed by atoms with Gasteiger partial charge in [-0.25, -0.2) is 8.78 Å². The molecule has 7 rings (SSSR count). The van der Waals surface area contributed by atoms with Crippen LogP contribution in [0.5, 0.6) is 28.7 Å². The summed E-state index contributed by atoms with van der Waals surface area (Å²) >= 11 is 0. The zero-order valence-electron chi connectivity index (χ0n) is 28.3. The number of carbonyl (C=O) groups excluding carboxylic acids is 1. The van der Waals surface area contributed by atoms with Crippen molar-refractivity contribution in [1.29, 1.82) is 0 Å². The summed E-state index contributed by atoms with van der Waals surface area (Å²) in [4.78, 5) is 36.2. The van der Waals surface area contributed by atoms with Crippen molar-refractivity contribution in [3.63, 3.8) is 0 Å².